The normalized spacial score (nSPS) is 33.2. The van der Waals surface area contributed by atoms with Crippen LogP contribution in [-0.2, 0) is 9.47 Å². The van der Waals surface area contributed by atoms with E-state index in [2.05, 4.69) is 4.98 Å². The molecular weight excluding hydrogens is 303 g/mol. The lowest BCUT2D eigenvalue weighted by Gasteiger charge is -2.31. The van der Waals surface area contributed by atoms with Crippen LogP contribution in [-0.4, -0.2) is 35.7 Å². The van der Waals surface area contributed by atoms with Crippen molar-refractivity contribution in [3.8, 4) is 0 Å². The second-order valence-corrected chi connectivity index (χ2v) is 6.07. The molecule has 2 aliphatic heterocycles. The van der Waals surface area contributed by atoms with Crippen molar-refractivity contribution in [2.75, 3.05) is 13.7 Å². The summed E-state index contributed by atoms with van der Waals surface area (Å²) in [5.74, 6) is 0.257. The van der Waals surface area contributed by atoms with E-state index in [1.807, 2.05) is 0 Å². The number of methoxy groups -OCH3 is 1. The molecule has 4 atom stereocenters. The van der Waals surface area contributed by atoms with Crippen LogP contribution in [0.3, 0.4) is 0 Å². The molecule has 1 amide bonds. The number of fused-ring (bicyclic) bond motifs is 6. The van der Waals surface area contributed by atoms with Crippen molar-refractivity contribution in [3.63, 3.8) is 0 Å². The smallest absolute Gasteiger partial charge is 0.410 e. The highest BCUT2D eigenvalue weighted by molar-refractivity contribution is 6.33. The topological polar surface area (TPSA) is 55.0 Å². The molecule has 2 fully saturated rings. The van der Waals surface area contributed by atoms with Crippen molar-refractivity contribution >= 4 is 29.3 Å². The molecule has 0 bridgehead atoms. The molecule has 106 valence electrons. The highest BCUT2D eigenvalue weighted by Gasteiger charge is 2.59. The Hall–Kier alpha value is -1.04. The molecule has 5 nitrogen and oxygen atoms in total. The molecule has 1 aromatic heterocycles. The van der Waals surface area contributed by atoms with E-state index in [1.165, 1.54) is 7.11 Å². The molecule has 0 saturated carbocycles. The Labute approximate surface area is 125 Å². The third kappa shape index (κ3) is 1.60. The summed E-state index contributed by atoms with van der Waals surface area (Å²) in [5.41, 5.74) is 1.82. The largest absolute Gasteiger partial charge is 0.453 e. The van der Waals surface area contributed by atoms with Gasteiger partial charge in [-0.25, -0.2) is 9.78 Å². The van der Waals surface area contributed by atoms with Gasteiger partial charge in [0.25, 0.3) is 0 Å². The van der Waals surface area contributed by atoms with E-state index in [0.29, 0.717) is 16.9 Å². The lowest BCUT2D eigenvalue weighted by Crippen LogP contribution is -2.35. The highest BCUT2D eigenvalue weighted by Crippen LogP contribution is 2.60. The van der Waals surface area contributed by atoms with Gasteiger partial charge in [0.2, 0.25) is 0 Å². The van der Waals surface area contributed by atoms with E-state index in [1.54, 1.807) is 11.0 Å². The fourth-order valence-corrected chi connectivity index (χ4v) is 4.15. The Morgan fingerprint density at radius 2 is 2.35 bits per heavy atom. The second-order valence-electron chi connectivity index (χ2n) is 5.32. The van der Waals surface area contributed by atoms with Crippen molar-refractivity contribution in [3.05, 3.63) is 27.5 Å². The average Bonchev–Trinajstić information content (AvgIpc) is 3.11. The molecule has 0 unspecified atom stereocenters. The zero-order valence-corrected chi connectivity index (χ0v) is 12.2. The fourth-order valence-electron chi connectivity index (χ4n) is 3.59. The standard InChI is InChI=1S/C13H12Cl2N2O3/c1-19-13(18)17-3-2-5-9(17)8-6(11-10(5)20-11)4-7(14)16-12(8)15/h4-5,9-11H,2-3H2,1H3/t5-,9+,10+,11-/m0/s1. The van der Waals surface area contributed by atoms with Gasteiger partial charge >= 0.3 is 6.09 Å². The van der Waals surface area contributed by atoms with Crippen LogP contribution in [0.1, 0.15) is 29.7 Å². The van der Waals surface area contributed by atoms with Gasteiger partial charge in [-0.1, -0.05) is 23.2 Å². The van der Waals surface area contributed by atoms with Crippen LogP contribution in [0.25, 0.3) is 0 Å². The van der Waals surface area contributed by atoms with Crippen LogP contribution < -0.4 is 0 Å². The van der Waals surface area contributed by atoms with Gasteiger partial charge in [-0.05, 0) is 18.1 Å². The van der Waals surface area contributed by atoms with Crippen molar-refractivity contribution in [2.45, 2.75) is 24.7 Å². The maximum atomic E-state index is 12.0. The van der Waals surface area contributed by atoms with Crippen LogP contribution in [0.15, 0.2) is 6.07 Å². The molecule has 3 heterocycles. The zero-order chi connectivity index (χ0) is 14.0. The minimum atomic E-state index is -0.339. The van der Waals surface area contributed by atoms with Crippen LogP contribution in [0.2, 0.25) is 10.3 Å². The fraction of sp³-hybridized carbons (Fsp3) is 0.538. The number of hydrogen-bond acceptors (Lipinski definition) is 4. The van der Waals surface area contributed by atoms with Gasteiger partial charge in [0.1, 0.15) is 16.4 Å². The van der Waals surface area contributed by atoms with Gasteiger partial charge < -0.3 is 14.4 Å². The summed E-state index contributed by atoms with van der Waals surface area (Å²) >= 11 is 12.3. The van der Waals surface area contributed by atoms with E-state index >= 15 is 0 Å². The quantitative estimate of drug-likeness (QED) is 0.545. The number of carbonyl (C=O) groups excluding carboxylic acids is 1. The maximum Gasteiger partial charge on any atom is 0.410 e. The van der Waals surface area contributed by atoms with E-state index in [9.17, 15) is 4.79 Å². The first-order valence-corrected chi connectivity index (χ1v) is 7.23. The molecule has 0 N–H and O–H groups in total. The monoisotopic (exact) mass is 314 g/mol. The molecule has 1 aromatic rings. The molecule has 1 aliphatic carbocycles. The number of carbonyl (C=O) groups is 1. The molecule has 0 radical (unpaired) electrons. The Bertz CT molecular complexity index is 610. The lowest BCUT2D eigenvalue weighted by atomic mass is 9.81. The van der Waals surface area contributed by atoms with Crippen LogP contribution >= 0.6 is 23.2 Å². The van der Waals surface area contributed by atoms with Crippen LogP contribution in [0.4, 0.5) is 4.79 Å². The second kappa shape index (κ2) is 4.23. The van der Waals surface area contributed by atoms with E-state index in [-0.39, 0.29) is 30.3 Å². The molecule has 3 aliphatic rings. The number of rotatable bonds is 0. The molecule has 0 spiro atoms. The average molecular weight is 315 g/mol. The molecule has 4 rings (SSSR count). The first kappa shape index (κ1) is 12.7. The maximum absolute atomic E-state index is 12.0. The van der Waals surface area contributed by atoms with Gasteiger partial charge in [-0.3, -0.25) is 0 Å². The third-order valence-corrected chi connectivity index (χ3v) is 4.90. The van der Waals surface area contributed by atoms with Gasteiger partial charge in [0.05, 0.1) is 19.3 Å². The number of hydrogen-bond donors (Lipinski definition) is 0. The van der Waals surface area contributed by atoms with Gasteiger partial charge in [0.15, 0.2) is 0 Å². The van der Waals surface area contributed by atoms with Crippen LogP contribution in [0, 0.1) is 5.92 Å². The lowest BCUT2D eigenvalue weighted by molar-refractivity contribution is 0.111. The van der Waals surface area contributed by atoms with Crippen molar-refractivity contribution in [1.29, 1.82) is 0 Å². The predicted octanol–water partition coefficient (Wildman–Crippen LogP) is 2.97. The Morgan fingerprint density at radius 1 is 1.55 bits per heavy atom. The van der Waals surface area contributed by atoms with Gasteiger partial charge in [-0.2, -0.15) is 0 Å². The zero-order valence-electron chi connectivity index (χ0n) is 10.7. The molecule has 2 saturated heterocycles. The summed E-state index contributed by atoms with van der Waals surface area (Å²) in [6.45, 7) is 0.646. The number of likely N-dealkylation sites (tertiary alicyclic amines) is 1. The molecule has 7 heteroatoms. The summed E-state index contributed by atoms with van der Waals surface area (Å²) < 4.78 is 10.6. The number of nitrogens with zero attached hydrogens (tertiary/aromatic N) is 2. The summed E-state index contributed by atoms with van der Waals surface area (Å²) in [5, 5.41) is 0.705. The first-order chi connectivity index (χ1) is 9.61. The molecule has 20 heavy (non-hydrogen) atoms. The van der Waals surface area contributed by atoms with E-state index < -0.39 is 0 Å². The summed E-state index contributed by atoms with van der Waals surface area (Å²) in [6, 6.07) is 1.66. The minimum absolute atomic E-state index is 0.0434. The number of pyridine rings is 1. The Morgan fingerprint density at radius 3 is 3.10 bits per heavy atom. The Kier molecular flexibility index (Phi) is 2.68. The van der Waals surface area contributed by atoms with Crippen molar-refractivity contribution < 1.29 is 14.3 Å². The molecule has 0 aromatic carbocycles. The predicted molar refractivity (Wildman–Crippen MR) is 71.8 cm³/mol. The Balaban J connectivity index is 1.85. The highest BCUT2D eigenvalue weighted by atomic mass is 35.5. The van der Waals surface area contributed by atoms with Crippen molar-refractivity contribution in [1.82, 2.24) is 9.88 Å². The number of amides is 1. The number of epoxide rings is 1. The number of ether oxygens (including phenoxy) is 2. The molecular formula is C13H12Cl2N2O3. The van der Waals surface area contributed by atoms with Crippen molar-refractivity contribution in [2.24, 2.45) is 5.92 Å². The summed E-state index contributed by atoms with van der Waals surface area (Å²) in [4.78, 5) is 17.8. The van der Waals surface area contributed by atoms with Crippen LogP contribution in [0.5, 0.6) is 0 Å². The van der Waals surface area contributed by atoms with Gasteiger partial charge in [0, 0.05) is 18.0 Å². The van der Waals surface area contributed by atoms with E-state index in [4.69, 9.17) is 32.7 Å². The summed E-state index contributed by atoms with van der Waals surface area (Å²) in [6.07, 6.45) is 0.742. The first-order valence-electron chi connectivity index (χ1n) is 6.47. The number of aromatic nitrogens is 1. The SMILES string of the molecule is COC(=O)N1CC[C@@H]2[C@H]3O[C@H]3c3cc(Cl)nc(Cl)c3[C@@H]21. The minimum Gasteiger partial charge on any atom is -0.453 e. The van der Waals surface area contributed by atoms with Gasteiger partial charge in [-0.15, -0.1) is 0 Å². The summed E-state index contributed by atoms with van der Waals surface area (Å²) in [7, 11) is 1.39. The number of halogens is 2. The van der Waals surface area contributed by atoms with E-state index in [0.717, 1.165) is 17.5 Å². The third-order valence-electron chi connectivity index (χ3n) is 4.42.